The van der Waals surface area contributed by atoms with Gasteiger partial charge in [0.15, 0.2) is 0 Å². The Kier molecular flexibility index (Phi) is 5.89. The first-order valence-corrected chi connectivity index (χ1v) is 7.29. The van der Waals surface area contributed by atoms with Gasteiger partial charge in [-0.1, -0.05) is 26.7 Å². The van der Waals surface area contributed by atoms with Crippen molar-refractivity contribution in [3.8, 4) is 0 Å². The van der Waals surface area contributed by atoms with Crippen molar-refractivity contribution in [3.63, 3.8) is 0 Å². The second kappa shape index (κ2) is 7.43. The van der Waals surface area contributed by atoms with E-state index in [1.807, 2.05) is 0 Å². The topological polar surface area (TPSA) is 43.5 Å². The molecular weight excluding hydrogens is 232 g/mol. The molecule has 4 unspecified atom stereocenters. The molecule has 0 aromatic heterocycles. The molecular formula is C14H26O4. The number of epoxide rings is 2. The van der Waals surface area contributed by atoms with Crippen LogP contribution >= 0.6 is 0 Å². The number of hydrogen-bond acceptors (Lipinski definition) is 4. The molecule has 0 N–H and O–H groups in total. The van der Waals surface area contributed by atoms with Crippen LogP contribution in [0, 0.1) is 0 Å². The van der Waals surface area contributed by atoms with Crippen molar-refractivity contribution in [2.45, 2.75) is 63.9 Å². The molecule has 2 rings (SSSR count). The monoisotopic (exact) mass is 258 g/mol. The zero-order valence-corrected chi connectivity index (χ0v) is 11.6. The van der Waals surface area contributed by atoms with Crippen molar-refractivity contribution >= 4 is 0 Å². The lowest BCUT2D eigenvalue weighted by Gasteiger charge is -2.26. The van der Waals surface area contributed by atoms with E-state index in [4.69, 9.17) is 18.9 Å². The van der Waals surface area contributed by atoms with E-state index in [1.54, 1.807) is 0 Å². The molecule has 0 aliphatic carbocycles. The van der Waals surface area contributed by atoms with Gasteiger partial charge in [-0.25, -0.2) is 0 Å². The molecule has 0 aromatic carbocycles. The average molecular weight is 258 g/mol. The van der Waals surface area contributed by atoms with Gasteiger partial charge in [0, 0.05) is 0 Å². The first kappa shape index (κ1) is 14.3. The van der Waals surface area contributed by atoms with E-state index in [0.717, 1.165) is 26.1 Å². The van der Waals surface area contributed by atoms with Gasteiger partial charge in [0.05, 0.1) is 38.6 Å². The fraction of sp³-hybridized carbons (Fsp3) is 1.00. The summed E-state index contributed by atoms with van der Waals surface area (Å²) in [5, 5.41) is 0. The Balaban J connectivity index is 1.72. The summed E-state index contributed by atoms with van der Waals surface area (Å²) < 4.78 is 22.3. The molecule has 2 aliphatic rings. The van der Waals surface area contributed by atoms with Gasteiger partial charge in [0.25, 0.3) is 0 Å². The predicted molar refractivity (Wildman–Crippen MR) is 68.8 cm³/mol. The summed E-state index contributed by atoms with van der Waals surface area (Å²) in [6.07, 6.45) is 5.52. The van der Waals surface area contributed by atoms with Crippen molar-refractivity contribution in [3.05, 3.63) is 0 Å². The summed E-state index contributed by atoms with van der Waals surface area (Å²) in [6, 6.07) is 0. The highest BCUT2D eigenvalue weighted by Gasteiger charge is 2.29. The third kappa shape index (κ3) is 5.22. The quantitative estimate of drug-likeness (QED) is 0.533. The maximum atomic E-state index is 5.98. The molecule has 106 valence electrons. The van der Waals surface area contributed by atoms with Crippen LogP contribution < -0.4 is 0 Å². The number of hydrogen-bond donors (Lipinski definition) is 0. The summed E-state index contributed by atoms with van der Waals surface area (Å²) in [5.74, 6) is 0. The third-order valence-corrected chi connectivity index (χ3v) is 3.46. The minimum absolute atomic E-state index is 0.194. The lowest BCUT2D eigenvalue weighted by molar-refractivity contribution is -0.0836. The molecule has 18 heavy (non-hydrogen) atoms. The van der Waals surface area contributed by atoms with E-state index in [9.17, 15) is 0 Å². The Morgan fingerprint density at radius 3 is 2.00 bits per heavy atom. The molecule has 4 heteroatoms. The smallest absolute Gasteiger partial charge is 0.104 e. The second-order valence-corrected chi connectivity index (χ2v) is 5.20. The van der Waals surface area contributed by atoms with Crippen LogP contribution in [0.3, 0.4) is 0 Å². The third-order valence-electron chi connectivity index (χ3n) is 3.46. The van der Waals surface area contributed by atoms with Crippen LogP contribution in [0.4, 0.5) is 0 Å². The summed E-state index contributed by atoms with van der Waals surface area (Å²) in [4.78, 5) is 0. The van der Waals surface area contributed by atoms with E-state index in [2.05, 4.69) is 13.8 Å². The fourth-order valence-electron chi connectivity index (χ4n) is 2.06. The van der Waals surface area contributed by atoms with Gasteiger partial charge in [0.2, 0.25) is 0 Å². The van der Waals surface area contributed by atoms with Crippen LogP contribution in [0.5, 0.6) is 0 Å². The number of unbranched alkanes of at least 4 members (excludes halogenated alkanes) is 1. The molecule has 4 atom stereocenters. The van der Waals surface area contributed by atoms with Gasteiger partial charge in [-0.05, 0) is 12.8 Å². The van der Waals surface area contributed by atoms with Crippen molar-refractivity contribution in [2.75, 3.05) is 26.4 Å². The normalized spacial score (nSPS) is 29.0. The standard InChI is InChI=1S/C14H26O4/c1-3-5-6-14(18-10-12-8-16-12)13(4-2)17-9-11-7-15-11/h11-14H,3-10H2,1-2H3. The van der Waals surface area contributed by atoms with Gasteiger partial charge in [-0.3, -0.25) is 0 Å². The molecule has 2 fully saturated rings. The predicted octanol–water partition coefficient (Wildman–Crippen LogP) is 2.15. The van der Waals surface area contributed by atoms with Crippen LogP contribution in [0.15, 0.2) is 0 Å². The fourth-order valence-corrected chi connectivity index (χ4v) is 2.06. The molecule has 4 nitrogen and oxygen atoms in total. The van der Waals surface area contributed by atoms with Gasteiger partial charge < -0.3 is 18.9 Å². The average Bonchev–Trinajstić information content (AvgIpc) is 3.26. The molecule has 0 bridgehead atoms. The maximum absolute atomic E-state index is 5.98. The first-order chi connectivity index (χ1) is 8.83. The van der Waals surface area contributed by atoms with Gasteiger partial charge in [-0.2, -0.15) is 0 Å². The van der Waals surface area contributed by atoms with E-state index >= 15 is 0 Å². The highest BCUT2D eigenvalue weighted by atomic mass is 16.6. The molecule has 0 aromatic rings. The molecule has 0 amide bonds. The summed E-state index contributed by atoms with van der Waals surface area (Å²) in [6.45, 7) is 7.51. The van der Waals surface area contributed by atoms with Gasteiger partial charge >= 0.3 is 0 Å². The molecule has 0 spiro atoms. The van der Waals surface area contributed by atoms with Gasteiger partial charge in [0.1, 0.15) is 12.2 Å². The van der Waals surface area contributed by atoms with E-state index < -0.39 is 0 Å². The highest BCUT2D eigenvalue weighted by Crippen LogP contribution is 2.20. The summed E-state index contributed by atoms with van der Waals surface area (Å²) in [5.41, 5.74) is 0. The van der Waals surface area contributed by atoms with Crippen molar-refractivity contribution in [2.24, 2.45) is 0 Å². The Hall–Kier alpha value is -0.160. The lowest BCUT2D eigenvalue weighted by atomic mass is 10.0. The molecule has 0 saturated carbocycles. The van der Waals surface area contributed by atoms with Crippen LogP contribution in [-0.4, -0.2) is 50.8 Å². The van der Waals surface area contributed by atoms with Crippen LogP contribution in [0.1, 0.15) is 39.5 Å². The summed E-state index contributed by atoms with van der Waals surface area (Å²) >= 11 is 0. The minimum Gasteiger partial charge on any atom is -0.373 e. The SMILES string of the molecule is CCCCC(OCC1CO1)C(CC)OCC1CO1. The molecule has 0 radical (unpaired) electrons. The van der Waals surface area contributed by atoms with Crippen LogP contribution in [-0.2, 0) is 18.9 Å². The van der Waals surface area contributed by atoms with Gasteiger partial charge in [-0.15, -0.1) is 0 Å². The molecule has 2 aliphatic heterocycles. The Morgan fingerprint density at radius 2 is 1.56 bits per heavy atom. The zero-order valence-electron chi connectivity index (χ0n) is 11.6. The minimum atomic E-state index is 0.194. The highest BCUT2D eigenvalue weighted by molar-refractivity contribution is 4.76. The van der Waals surface area contributed by atoms with E-state index in [-0.39, 0.29) is 12.2 Å². The number of ether oxygens (including phenoxy) is 4. The Bertz CT molecular complexity index is 226. The van der Waals surface area contributed by atoms with Crippen LogP contribution in [0.25, 0.3) is 0 Å². The molecule has 2 saturated heterocycles. The molecule has 2 heterocycles. The number of rotatable bonds is 11. The van der Waals surface area contributed by atoms with E-state index in [1.165, 1.54) is 12.8 Å². The maximum Gasteiger partial charge on any atom is 0.104 e. The zero-order chi connectivity index (χ0) is 12.8. The van der Waals surface area contributed by atoms with Crippen LogP contribution in [0.2, 0.25) is 0 Å². The second-order valence-electron chi connectivity index (χ2n) is 5.20. The lowest BCUT2D eigenvalue weighted by Crippen LogP contribution is -2.33. The summed E-state index contributed by atoms with van der Waals surface area (Å²) in [7, 11) is 0. The van der Waals surface area contributed by atoms with Crippen molar-refractivity contribution in [1.82, 2.24) is 0 Å². The van der Waals surface area contributed by atoms with Crippen molar-refractivity contribution < 1.29 is 18.9 Å². The van der Waals surface area contributed by atoms with Crippen molar-refractivity contribution in [1.29, 1.82) is 0 Å². The first-order valence-electron chi connectivity index (χ1n) is 7.29. The largest absolute Gasteiger partial charge is 0.373 e. The van der Waals surface area contributed by atoms with E-state index in [0.29, 0.717) is 25.4 Å². The Morgan fingerprint density at radius 1 is 1.00 bits per heavy atom. The Labute approximate surface area is 110 Å².